The summed E-state index contributed by atoms with van der Waals surface area (Å²) in [5, 5.41) is 0. The average molecular weight is 263 g/mol. The van der Waals surface area contributed by atoms with Crippen molar-refractivity contribution in [2.24, 2.45) is 5.73 Å². The Morgan fingerprint density at radius 1 is 1.32 bits per heavy atom. The first-order valence-corrected chi connectivity index (χ1v) is 6.78. The minimum absolute atomic E-state index is 0.394. The summed E-state index contributed by atoms with van der Waals surface area (Å²) in [4.78, 5) is 11.1. The van der Waals surface area contributed by atoms with Crippen molar-refractivity contribution in [2.45, 2.75) is 38.1 Å². The molecule has 1 aromatic rings. The SMILES string of the molecule is COC(=O)C(N)CCOc1ccc2c(c1)CCCC2. The molecule has 0 aliphatic heterocycles. The molecule has 0 radical (unpaired) electrons. The molecule has 19 heavy (non-hydrogen) atoms. The first-order chi connectivity index (χ1) is 9.20. The fourth-order valence-electron chi connectivity index (χ4n) is 2.37. The van der Waals surface area contributed by atoms with Gasteiger partial charge >= 0.3 is 5.97 Å². The zero-order valence-corrected chi connectivity index (χ0v) is 11.4. The third-order valence-corrected chi connectivity index (χ3v) is 3.52. The maximum absolute atomic E-state index is 11.1. The molecule has 4 nitrogen and oxygen atoms in total. The summed E-state index contributed by atoms with van der Waals surface area (Å²) in [6, 6.07) is 5.64. The highest BCUT2D eigenvalue weighted by Crippen LogP contribution is 2.25. The van der Waals surface area contributed by atoms with E-state index in [1.54, 1.807) is 0 Å². The van der Waals surface area contributed by atoms with Crippen LogP contribution in [0.4, 0.5) is 0 Å². The van der Waals surface area contributed by atoms with E-state index in [1.807, 2.05) is 6.07 Å². The van der Waals surface area contributed by atoms with E-state index in [0.717, 1.165) is 12.2 Å². The van der Waals surface area contributed by atoms with Crippen LogP contribution in [0.2, 0.25) is 0 Å². The molecule has 1 unspecified atom stereocenters. The Labute approximate surface area is 113 Å². The van der Waals surface area contributed by atoms with Gasteiger partial charge in [-0.25, -0.2) is 0 Å². The molecule has 0 spiro atoms. The molecule has 0 bridgehead atoms. The predicted octanol–water partition coefficient (Wildman–Crippen LogP) is 1.83. The van der Waals surface area contributed by atoms with Gasteiger partial charge < -0.3 is 15.2 Å². The number of hydrogen-bond donors (Lipinski definition) is 1. The molecule has 2 N–H and O–H groups in total. The van der Waals surface area contributed by atoms with Crippen LogP contribution >= 0.6 is 0 Å². The van der Waals surface area contributed by atoms with E-state index in [-0.39, 0.29) is 0 Å². The number of methoxy groups -OCH3 is 1. The van der Waals surface area contributed by atoms with Crippen LogP contribution in [-0.2, 0) is 22.4 Å². The predicted molar refractivity (Wildman–Crippen MR) is 73.2 cm³/mol. The zero-order chi connectivity index (χ0) is 13.7. The van der Waals surface area contributed by atoms with Crippen molar-refractivity contribution < 1.29 is 14.3 Å². The van der Waals surface area contributed by atoms with E-state index in [1.165, 1.54) is 37.5 Å². The van der Waals surface area contributed by atoms with Crippen molar-refractivity contribution in [1.82, 2.24) is 0 Å². The Kier molecular flexibility index (Phi) is 4.80. The van der Waals surface area contributed by atoms with E-state index in [2.05, 4.69) is 16.9 Å². The zero-order valence-electron chi connectivity index (χ0n) is 11.4. The summed E-state index contributed by atoms with van der Waals surface area (Å²) in [5.41, 5.74) is 8.47. The molecule has 0 amide bonds. The van der Waals surface area contributed by atoms with Gasteiger partial charge in [0.15, 0.2) is 0 Å². The van der Waals surface area contributed by atoms with Crippen molar-refractivity contribution in [3.8, 4) is 5.75 Å². The van der Waals surface area contributed by atoms with E-state index in [0.29, 0.717) is 13.0 Å². The van der Waals surface area contributed by atoms with Crippen molar-refractivity contribution in [3.05, 3.63) is 29.3 Å². The maximum atomic E-state index is 11.1. The second-order valence-corrected chi connectivity index (χ2v) is 4.90. The second-order valence-electron chi connectivity index (χ2n) is 4.90. The lowest BCUT2D eigenvalue weighted by Crippen LogP contribution is -2.33. The minimum atomic E-state index is -0.609. The van der Waals surface area contributed by atoms with Gasteiger partial charge in [-0.15, -0.1) is 0 Å². The molecule has 0 aromatic heterocycles. The number of fused-ring (bicyclic) bond motifs is 1. The highest BCUT2D eigenvalue weighted by atomic mass is 16.5. The Morgan fingerprint density at radius 2 is 2.05 bits per heavy atom. The van der Waals surface area contributed by atoms with E-state index in [9.17, 15) is 4.79 Å². The number of benzene rings is 1. The molecule has 1 aromatic carbocycles. The maximum Gasteiger partial charge on any atom is 0.322 e. The monoisotopic (exact) mass is 263 g/mol. The summed E-state index contributed by atoms with van der Waals surface area (Å²) in [6.07, 6.45) is 5.30. The van der Waals surface area contributed by atoms with Gasteiger partial charge in [0.05, 0.1) is 13.7 Å². The van der Waals surface area contributed by atoms with Crippen LogP contribution in [0.5, 0.6) is 5.75 Å². The average Bonchev–Trinajstić information content (AvgIpc) is 2.46. The Morgan fingerprint density at radius 3 is 2.79 bits per heavy atom. The summed E-state index contributed by atoms with van der Waals surface area (Å²) >= 11 is 0. The smallest absolute Gasteiger partial charge is 0.322 e. The number of carbonyl (C=O) groups excluding carboxylic acids is 1. The van der Waals surface area contributed by atoms with Gasteiger partial charge in [-0.3, -0.25) is 4.79 Å². The summed E-state index contributed by atoms with van der Waals surface area (Å²) in [6.45, 7) is 0.426. The fraction of sp³-hybridized carbons (Fsp3) is 0.533. The van der Waals surface area contributed by atoms with Crippen LogP contribution in [0, 0.1) is 0 Å². The van der Waals surface area contributed by atoms with Gasteiger partial charge in [-0.05, 0) is 48.9 Å². The van der Waals surface area contributed by atoms with Gasteiger partial charge in [-0.1, -0.05) is 6.07 Å². The van der Waals surface area contributed by atoms with Gasteiger partial charge in [0.1, 0.15) is 11.8 Å². The van der Waals surface area contributed by atoms with Crippen LogP contribution in [0.3, 0.4) is 0 Å². The van der Waals surface area contributed by atoms with E-state index < -0.39 is 12.0 Å². The first kappa shape index (κ1) is 13.9. The molecule has 1 atom stereocenters. The first-order valence-electron chi connectivity index (χ1n) is 6.78. The number of carbonyl (C=O) groups is 1. The number of nitrogens with two attached hydrogens (primary N) is 1. The van der Waals surface area contributed by atoms with Gasteiger partial charge in [0, 0.05) is 6.42 Å². The number of hydrogen-bond acceptors (Lipinski definition) is 4. The fourth-order valence-corrected chi connectivity index (χ4v) is 2.37. The normalized spacial score (nSPS) is 15.5. The van der Waals surface area contributed by atoms with Crippen molar-refractivity contribution in [2.75, 3.05) is 13.7 Å². The lowest BCUT2D eigenvalue weighted by atomic mass is 9.92. The van der Waals surface area contributed by atoms with Crippen LogP contribution in [0.1, 0.15) is 30.4 Å². The highest BCUT2D eigenvalue weighted by molar-refractivity contribution is 5.75. The number of esters is 1. The van der Waals surface area contributed by atoms with Crippen LogP contribution in [0.25, 0.3) is 0 Å². The Bertz CT molecular complexity index is 445. The third-order valence-electron chi connectivity index (χ3n) is 3.52. The summed E-state index contributed by atoms with van der Waals surface area (Å²) < 4.78 is 10.2. The second kappa shape index (κ2) is 6.57. The van der Waals surface area contributed by atoms with Crippen molar-refractivity contribution >= 4 is 5.97 Å². The van der Waals surface area contributed by atoms with E-state index >= 15 is 0 Å². The molecular weight excluding hydrogens is 242 g/mol. The van der Waals surface area contributed by atoms with Gasteiger partial charge in [0.25, 0.3) is 0 Å². The summed E-state index contributed by atoms with van der Waals surface area (Å²) in [7, 11) is 1.34. The van der Waals surface area contributed by atoms with Crippen LogP contribution in [-0.4, -0.2) is 25.7 Å². The molecule has 104 valence electrons. The lowest BCUT2D eigenvalue weighted by molar-refractivity contribution is -0.142. The molecule has 4 heteroatoms. The van der Waals surface area contributed by atoms with Gasteiger partial charge in [0.2, 0.25) is 0 Å². The standard InChI is InChI=1S/C15H21NO3/c1-18-15(17)14(16)8-9-19-13-7-6-11-4-2-3-5-12(11)10-13/h6-7,10,14H,2-5,8-9,16H2,1H3. The molecular formula is C15H21NO3. The Hall–Kier alpha value is -1.55. The molecule has 1 aliphatic rings. The summed E-state index contributed by atoms with van der Waals surface area (Å²) in [5.74, 6) is 0.465. The number of rotatable bonds is 5. The quantitative estimate of drug-likeness (QED) is 0.823. The molecule has 0 fully saturated rings. The third kappa shape index (κ3) is 3.70. The topological polar surface area (TPSA) is 61.5 Å². The molecule has 1 aliphatic carbocycles. The van der Waals surface area contributed by atoms with Crippen molar-refractivity contribution in [1.29, 1.82) is 0 Å². The molecule has 0 saturated carbocycles. The molecule has 0 saturated heterocycles. The van der Waals surface area contributed by atoms with Gasteiger partial charge in [-0.2, -0.15) is 0 Å². The number of ether oxygens (including phenoxy) is 2. The number of aryl methyl sites for hydroxylation is 2. The van der Waals surface area contributed by atoms with Crippen LogP contribution < -0.4 is 10.5 Å². The molecule has 2 rings (SSSR count). The highest BCUT2D eigenvalue weighted by Gasteiger charge is 2.14. The minimum Gasteiger partial charge on any atom is -0.494 e. The van der Waals surface area contributed by atoms with E-state index in [4.69, 9.17) is 10.5 Å². The Balaban J connectivity index is 1.85. The van der Waals surface area contributed by atoms with Crippen LogP contribution in [0.15, 0.2) is 18.2 Å². The molecule has 0 heterocycles. The largest absolute Gasteiger partial charge is 0.494 e. The lowest BCUT2D eigenvalue weighted by Gasteiger charge is -2.17. The van der Waals surface area contributed by atoms with Crippen molar-refractivity contribution in [3.63, 3.8) is 0 Å².